The fourth-order valence-electron chi connectivity index (χ4n) is 9.08. The third-order valence-corrected chi connectivity index (χ3v) is 13.8. The molecule has 1 unspecified atom stereocenters. The van der Waals surface area contributed by atoms with Gasteiger partial charge in [-0.15, -0.1) is 0 Å². The minimum Gasteiger partial charge on any atom is -0.462 e. The molecule has 0 saturated heterocycles. The molecule has 418 valence electrons. The standard InChI is InChI=1S/C66H118O6/c1-4-7-10-13-16-19-22-25-27-28-29-30-31-32-33-34-35-36-37-38-39-42-44-47-50-53-56-59-65(68)71-62-63(61-70-64(67)58-55-52-49-46-43-40-24-21-18-15-12-9-6-3)72-66(69)60-57-54-51-48-45-41-26-23-20-17-14-11-8-5-2/h9,12,18,21-22,25,28-29,40,43,63H,4-8,10-11,13-17,19-20,23-24,26-27,30-39,41-42,44-62H2,1-3H3/b12-9-,21-18-,25-22-,29-28-,43-40-. The average Bonchev–Trinajstić information content (AvgIpc) is 3.38. The maximum atomic E-state index is 12.9. The lowest BCUT2D eigenvalue weighted by Gasteiger charge is -2.18. The van der Waals surface area contributed by atoms with Crippen LogP contribution in [0.1, 0.15) is 323 Å². The van der Waals surface area contributed by atoms with Crippen LogP contribution >= 0.6 is 0 Å². The first-order chi connectivity index (χ1) is 35.5. The number of hydrogen-bond donors (Lipinski definition) is 0. The summed E-state index contributed by atoms with van der Waals surface area (Å²) >= 11 is 0. The van der Waals surface area contributed by atoms with Gasteiger partial charge in [-0.3, -0.25) is 14.4 Å². The molecule has 1 atom stereocenters. The van der Waals surface area contributed by atoms with Crippen LogP contribution in [0.2, 0.25) is 0 Å². The molecule has 0 aliphatic carbocycles. The molecule has 6 heteroatoms. The Labute approximate surface area is 447 Å². The normalized spacial score (nSPS) is 12.4. The monoisotopic (exact) mass is 1010 g/mol. The maximum absolute atomic E-state index is 12.9. The third-order valence-electron chi connectivity index (χ3n) is 13.8. The summed E-state index contributed by atoms with van der Waals surface area (Å²) in [6.07, 6.45) is 76.6. The number of esters is 3. The van der Waals surface area contributed by atoms with Gasteiger partial charge in [0, 0.05) is 19.3 Å². The lowest BCUT2D eigenvalue weighted by atomic mass is 10.0. The van der Waals surface area contributed by atoms with Crippen molar-refractivity contribution in [3.05, 3.63) is 60.8 Å². The molecule has 0 aliphatic rings. The zero-order valence-electron chi connectivity index (χ0n) is 47.9. The molecule has 0 fully saturated rings. The molecule has 0 radical (unpaired) electrons. The second-order valence-electron chi connectivity index (χ2n) is 20.9. The minimum absolute atomic E-state index is 0.0802. The van der Waals surface area contributed by atoms with Gasteiger partial charge in [-0.2, -0.15) is 0 Å². The average molecular weight is 1010 g/mol. The van der Waals surface area contributed by atoms with Crippen LogP contribution in [0, 0.1) is 0 Å². The highest BCUT2D eigenvalue weighted by molar-refractivity contribution is 5.71. The number of carbonyl (C=O) groups is 3. The Morgan fingerprint density at radius 2 is 0.542 bits per heavy atom. The van der Waals surface area contributed by atoms with Gasteiger partial charge in [0.2, 0.25) is 0 Å². The summed E-state index contributed by atoms with van der Waals surface area (Å²) in [4.78, 5) is 38.2. The van der Waals surface area contributed by atoms with Crippen LogP contribution in [0.3, 0.4) is 0 Å². The van der Waals surface area contributed by atoms with Gasteiger partial charge < -0.3 is 14.2 Å². The van der Waals surface area contributed by atoms with Crippen molar-refractivity contribution in [3.8, 4) is 0 Å². The largest absolute Gasteiger partial charge is 0.462 e. The van der Waals surface area contributed by atoms with Crippen molar-refractivity contribution in [1.29, 1.82) is 0 Å². The third kappa shape index (κ3) is 58.0. The highest BCUT2D eigenvalue weighted by Crippen LogP contribution is 2.17. The number of unbranched alkanes of at least 4 members (excludes halogenated alkanes) is 36. The SMILES string of the molecule is CC/C=C\C/C=C\C/C=C\CCCCCC(=O)OCC(COC(=O)CCCCCCCCCCCCCCCCC/C=C\C/C=C\CCCCCCC)OC(=O)CCCCCCCCCCCCCCCC. The Kier molecular flexibility index (Phi) is 58.2. The van der Waals surface area contributed by atoms with Crippen LogP contribution in [0.4, 0.5) is 0 Å². The summed E-state index contributed by atoms with van der Waals surface area (Å²) in [5.74, 6) is -0.895. The van der Waals surface area contributed by atoms with Crippen LogP contribution in [-0.2, 0) is 28.6 Å². The molecule has 0 spiro atoms. The van der Waals surface area contributed by atoms with Gasteiger partial charge in [0.05, 0.1) is 0 Å². The quantitative estimate of drug-likeness (QED) is 0.0261. The molecule has 72 heavy (non-hydrogen) atoms. The van der Waals surface area contributed by atoms with E-state index in [1.807, 2.05) is 0 Å². The topological polar surface area (TPSA) is 78.9 Å². The van der Waals surface area contributed by atoms with Crippen LogP contribution in [0.15, 0.2) is 60.8 Å². The summed E-state index contributed by atoms with van der Waals surface area (Å²) in [7, 11) is 0. The molecule has 0 N–H and O–H groups in total. The maximum Gasteiger partial charge on any atom is 0.306 e. The predicted octanol–water partition coefficient (Wildman–Crippen LogP) is 21.2. The first kappa shape index (κ1) is 69.1. The van der Waals surface area contributed by atoms with Gasteiger partial charge in [-0.05, 0) is 83.5 Å². The van der Waals surface area contributed by atoms with E-state index in [-0.39, 0.29) is 31.1 Å². The first-order valence-corrected chi connectivity index (χ1v) is 31.3. The summed E-state index contributed by atoms with van der Waals surface area (Å²) < 4.78 is 16.9. The molecule has 0 aromatic heterocycles. The highest BCUT2D eigenvalue weighted by atomic mass is 16.6. The van der Waals surface area contributed by atoms with Crippen LogP contribution in [0.5, 0.6) is 0 Å². The van der Waals surface area contributed by atoms with Crippen molar-refractivity contribution in [2.24, 2.45) is 0 Å². The minimum atomic E-state index is -0.783. The Morgan fingerprint density at radius 3 is 0.861 bits per heavy atom. The summed E-state index contributed by atoms with van der Waals surface area (Å²) in [6, 6.07) is 0. The van der Waals surface area contributed by atoms with Gasteiger partial charge in [0.1, 0.15) is 13.2 Å². The van der Waals surface area contributed by atoms with E-state index in [4.69, 9.17) is 14.2 Å². The molecule has 0 saturated carbocycles. The molecule has 0 aromatic carbocycles. The Bertz CT molecular complexity index is 1290. The van der Waals surface area contributed by atoms with Crippen molar-refractivity contribution in [3.63, 3.8) is 0 Å². The number of ether oxygens (including phenoxy) is 3. The van der Waals surface area contributed by atoms with Crippen LogP contribution in [0.25, 0.3) is 0 Å². The number of rotatable bonds is 57. The second-order valence-corrected chi connectivity index (χ2v) is 20.9. The van der Waals surface area contributed by atoms with E-state index in [1.165, 1.54) is 193 Å². The van der Waals surface area contributed by atoms with E-state index in [1.54, 1.807) is 0 Å². The molecular weight excluding hydrogens is 889 g/mol. The second kappa shape index (κ2) is 60.7. The molecular formula is C66H118O6. The molecule has 0 aliphatic heterocycles. The van der Waals surface area contributed by atoms with Crippen molar-refractivity contribution in [2.75, 3.05) is 13.2 Å². The van der Waals surface area contributed by atoms with Gasteiger partial charge in [-0.1, -0.05) is 281 Å². The van der Waals surface area contributed by atoms with Gasteiger partial charge >= 0.3 is 17.9 Å². The van der Waals surface area contributed by atoms with E-state index in [9.17, 15) is 14.4 Å². The molecule has 6 nitrogen and oxygen atoms in total. The van der Waals surface area contributed by atoms with Crippen molar-refractivity contribution < 1.29 is 28.6 Å². The molecule has 0 heterocycles. The fourth-order valence-corrected chi connectivity index (χ4v) is 9.08. The predicted molar refractivity (Wildman–Crippen MR) is 312 cm³/mol. The van der Waals surface area contributed by atoms with E-state index < -0.39 is 6.10 Å². The Morgan fingerprint density at radius 1 is 0.292 bits per heavy atom. The zero-order valence-corrected chi connectivity index (χ0v) is 47.9. The Hall–Kier alpha value is -2.89. The Balaban J connectivity index is 4.21. The van der Waals surface area contributed by atoms with E-state index >= 15 is 0 Å². The van der Waals surface area contributed by atoms with Gasteiger partial charge in [0.25, 0.3) is 0 Å². The highest BCUT2D eigenvalue weighted by Gasteiger charge is 2.19. The van der Waals surface area contributed by atoms with E-state index in [0.717, 1.165) is 89.9 Å². The molecule has 0 amide bonds. The summed E-state index contributed by atoms with van der Waals surface area (Å²) in [6.45, 7) is 6.53. The van der Waals surface area contributed by atoms with Crippen LogP contribution < -0.4 is 0 Å². The van der Waals surface area contributed by atoms with E-state index in [2.05, 4.69) is 81.5 Å². The molecule has 0 rings (SSSR count). The van der Waals surface area contributed by atoms with E-state index in [0.29, 0.717) is 19.3 Å². The summed E-state index contributed by atoms with van der Waals surface area (Å²) in [5.41, 5.74) is 0. The van der Waals surface area contributed by atoms with Crippen molar-refractivity contribution in [2.45, 2.75) is 329 Å². The zero-order chi connectivity index (χ0) is 52.2. The first-order valence-electron chi connectivity index (χ1n) is 31.3. The van der Waals surface area contributed by atoms with Crippen LogP contribution in [-0.4, -0.2) is 37.2 Å². The summed E-state index contributed by atoms with van der Waals surface area (Å²) in [5, 5.41) is 0. The number of carbonyl (C=O) groups excluding carboxylic acids is 3. The number of allylic oxidation sites excluding steroid dienone is 10. The molecule has 0 aromatic rings. The lowest BCUT2D eigenvalue weighted by Crippen LogP contribution is -2.30. The van der Waals surface area contributed by atoms with Gasteiger partial charge in [-0.25, -0.2) is 0 Å². The molecule has 0 bridgehead atoms. The fraction of sp³-hybridized carbons (Fsp3) is 0.803. The van der Waals surface area contributed by atoms with Crippen molar-refractivity contribution in [1.82, 2.24) is 0 Å². The smallest absolute Gasteiger partial charge is 0.306 e. The van der Waals surface area contributed by atoms with Gasteiger partial charge in [0.15, 0.2) is 6.10 Å². The number of hydrogen-bond acceptors (Lipinski definition) is 6. The lowest BCUT2D eigenvalue weighted by molar-refractivity contribution is -0.167. The van der Waals surface area contributed by atoms with Crippen molar-refractivity contribution >= 4 is 17.9 Å².